The van der Waals surface area contributed by atoms with Crippen molar-refractivity contribution in [1.82, 2.24) is 5.32 Å². The van der Waals surface area contributed by atoms with E-state index in [9.17, 15) is 8.42 Å². The van der Waals surface area contributed by atoms with Gasteiger partial charge in [0, 0.05) is 12.5 Å². The van der Waals surface area contributed by atoms with Crippen LogP contribution in [0.4, 0.5) is 0 Å². The second kappa shape index (κ2) is 5.15. The smallest absolute Gasteiger partial charge is 0.179 e. The molecular weight excluding hydrogens is 270 g/mol. The van der Waals surface area contributed by atoms with Crippen molar-refractivity contribution in [3.05, 3.63) is 29.8 Å². The van der Waals surface area contributed by atoms with Crippen molar-refractivity contribution in [1.29, 1.82) is 0 Å². The molecule has 1 fully saturated rings. The SMILES string of the molecule is CNCC1(C2CS(=O)(=O)c3ccccc32)CCCCC1. The van der Waals surface area contributed by atoms with Crippen LogP contribution >= 0.6 is 0 Å². The Kier molecular flexibility index (Phi) is 3.63. The van der Waals surface area contributed by atoms with Gasteiger partial charge < -0.3 is 5.32 Å². The molecular formula is C16H23NO2S. The van der Waals surface area contributed by atoms with Gasteiger partial charge in [-0.15, -0.1) is 0 Å². The number of fused-ring (bicyclic) bond motifs is 1. The minimum absolute atomic E-state index is 0.118. The third-order valence-electron chi connectivity index (χ3n) is 5.13. The van der Waals surface area contributed by atoms with Crippen molar-refractivity contribution in [2.24, 2.45) is 5.41 Å². The monoisotopic (exact) mass is 293 g/mol. The van der Waals surface area contributed by atoms with Crippen molar-refractivity contribution < 1.29 is 8.42 Å². The zero-order chi connectivity index (χ0) is 14.2. The van der Waals surface area contributed by atoms with Crippen LogP contribution in [0.3, 0.4) is 0 Å². The maximum atomic E-state index is 12.4. The Bertz CT molecular complexity index is 583. The summed E-state index contributed by atoms with van der Waals surface area (Å²) in [6.45, 7) is 0.918. The summed E-state index contributed by atoms with van der Waals surface area (Å²) >= 11 is 0. The first-order valence-electron chi connectivity index (χ1n) is 7.55. The van der Waals surface area contributed by atoms with Crippen LogP contribution in [0.15, 0.2) is 29.2 Å². The summed E-state index contributed by atoms with van der Waals surface area (Å²) in [5.74, 6) is 0.463. The molecule has 1 N–H and O–H groups in total. The van der Waals surface area contributed by atoms with Crippen LogP contribution in [0.5, 0.6) is 0 Å². The lowest BCUT2D eigenvalue weighted by Gasteiger charge is -2.42. The third-order valence-corrected chi connectivity index (χ3v) is 6.95. The average Bonchev–Trinajstić information content (AvgIpc) is 2.73. The highest BCUT2D eigenvalue weighted by Gasteiger charge is 2.47. The lowest BCUT2D eigenvalue weighted by atomic mass is 9.64. The van der Waals surface area contributed by atoms with Gasteiger partial charge in [-0.05, 0) is 36.9 Å². The van der Waals surface area contributed by atoms with Gasteiger partial charge in [-0.3, -0.25) is 0 Å². The Morgan fingerprint density at radius 3 is 2.60 bits per heavy atom. The highest BCUT2D eigenvalue weighted by Crippen LogP contribution is 2.52. The quantitative estimate of drug-likeness (QED) is 0.932. The molecule has 0 radical (unpaired) electrons. The summed E-state index contributed by atoms with van der Waals surface area (Å²) in [4.78, 5) is 0.575. The summed E-state index contributed by atoms with van der Waals surface area (Å²) < 4.78 is 24.9. The predicted octanol–water partition coefficient (Wildman–Crippen LogP) is 2.73. The molecule has 1 unspecified atom stereocenters. The van der Waals surface area contributed by atoms with E-state index in [2.05, 4.69) is 5.32 Å². The van der Waals surface area contributed by atoms with Crippen LogP contribution < -0.4 is 5.32 Å². The number of hydrogen-bond acceptors (Lipinski definition) is 3. The molecule has 3 nitrogen and oxygen atoms in total. The topological polar surface area (TPSA) is 46.2 Å². The van der Waals surface area contributed by atoms with Crippen molar-refractivity contribution in [3.8, 4) is 0 Å². The third kappa shape index (κ3) is 2.19. The molecule has 4 heteroatoms. The van der Waals surface area contributed by atoms with E-state index in [-0.39, 0.29) is 11.3 Å². The lowest BCUT2D eigenvalue weighted by molar-refractivity contribution is 0.152. The summed E-state index contributed by atoms with van der Waals surface area (Å²) in [5.41, 5.74) is 1.18. The lowest BCUT2D eigenvalue weighted by Crippen LogP contribution is -2.40. The summed E-state index contributed by atoms with van der Waals surface area (Å²) in [6.07, 6.45) is 6.01. The molecule has 1 saturated carbocycles. The van der Waals surface area contributed by atoms with Crippen molar-refractivity contribution >= 4 is 9.84 Å². The summed E-state index contributed by atoms with van der Waals surface area (Å²) in [5, 5.41) is 3.32. The molecule has 2 aliphatic rings. The molecule has 1 atom stereocenters. The van der Waals surface area contributed by atoms with E-state index >= 15 is 0 Å². The standard InChI is InChI=1S/C16H23NO2S/c1-17-12-16(9-5-2-6-10-16)14-11-20(18,19)15-8-4-3-7-13(14)15/h3-4,7-8,14,17H,2,5-6,9-12H2,1H3. The van der Waals surface area contributed by atoms with E-state index in [0.29, 0.717) is 10.6 Å². The van der Waals surface area contributed by atoms with E-state index in [4.69, 9.17) is 0 Å². The number of rotatable bonds is 3. The Morgan fingerprint density at radius 1 is 1.20 bits per heavy atom. The van der Waals surface area contributed by atoms with Crippen LogP contribution in [-0.4, -0.2) is 27.8 Å². The first-order chi connectivity index (χ1) is 9.59. The fourth-order valence-electron chi connectivity index (χ4n) is 4.21. The first kappa shape index (κ1) is 14.1. The second-order valence-electron chi connectivity index (χ2n) is 6.33. The van der Waals surface area contributed by atoms with Gasteiger partial charge in [0.15, 0.2) is 9.84 Å². The molecule has 1 aromatic carbocycles. The van der Waals surface area contributed by atoms with Gasteiger partial charge in [-0.25, -0.2) is 8.42 Å². The molecule has 0 saturated heterocycles. The molecule has 1 aliphatic heterocycles. The fourth-order valence-corrected chi connectivity index (χ4v) is 6.22. The molecule has 20 heavy (non-hydrogen) atoms. The van der Waals surface area contributed by atoms with Crippen molar-refractivity contribution in [2.75, 3.05) is 19.3 Å². The minimum atomic E-state index is -3.09. The summed E-state index contributed by atoms with van der Waals surface area (Å²) in [7, 11) is -1.11. The highest BCUT2D eigenvalue weighted by atomic mass is 32.2. The van der Waals surface area contributed by atoms with Gasteiger partial charge in [0.05, 0.1) is 10.6 Å². The molecule has 110 valence electrons. The van der Waals surface area contributed by atoms with E-state index in [0.717, 1.165) is 24.9 Å². The Balaban J connectivity index is 2.05. The first-order valence-corrected chi connectivity index (χ1v) is 9.21. The molecule has 0 bridgehead atoms. The fraction of sp³-hybridized carbons (Fsp3) is 0.625. The molecule has 1 heterocycles. The predicted molar refractivity (Wildman–Crippen MR) is 80.7 cm³/mol. The number of hydrogen-bond donors (Lipinski definition) is 1. The largest absolute Gasteiger partial charge is 0.319 e. The van der Waals surface area contributed by atoms with Crippen LogP contribution in [0.2, 0.25) is 0 Å². The normalized spacial score (nSPS) is 27.1. The maximum Gasteiger partial charge on any atom is 0.179 e. The van der Waals surface area contributed by atoms with Gasteiger partial charge >= 0.3 is 0 Å². The molecule has 3 rings (SSSR count). The molecule has 0 aromatic heterocycles. The summed E-state index contributed by atoms with van der Waals surface area (Å²) in [6, 6.07) is 7.62. The van der Waals surface area contributed by atoms with Gasteiger partial charge in [-0.2, -0.15) is 0 Å². The van der Waals surface area contributed by atoms with E-state index in [1.54, 1.807) is 6.07 Å². The minimum Gasteiger partial charge on any atom is -0.319 e. The Hall–Kier alpha value is -0.870. The molecule has 1 aliphatic carbocycles. The zero-order valence-corrected chi connectivity index (χ0v) is 12.9. The van der Waals surface area contributed by atoms with Gasteiger partial charge in [0.25, 0.3) is 0 Å². The number of nitrogens with one attached hydrogen (secondary N) is 1. The van der Waals surface area contributed by atoms with Crippen LogP contribution in [-0.2, 0) is 9.84 Å². The number of benzene rings is 1. The molecule has 0 amide bonds. The average molecular weight is 293 g/mol. The van der Waals surface area contributed by atoms with Crippen LogP contribution in [0, 0.1) is 5.41 Å². The van der Waals surface area contributed by atoms with E-state index < -0.39 is 9.84 Å². The van der Waals surface area contributed by atoms with Crippen LogP contribution in [0.25, 0.3) is 0 Å². The zero-order valence-electron chi connectivity index (χ0n) is 12.1. The Morgan fingerprint density at radius 2 is 1.90 bits per heavy atom. The Labute approximate surface area is 121 Å². The van der Waals surface area contributed by atoms with Crippen molar-refractivity contribution in [2.45, 2.75) is 42.9 Å². The maximum absolute atomic E-state index is 12.4. The number of sulfone groups is 1. The van der Waals surface area contributed by atoms with Gasteiger partial charge in [-0.1, -0.05) is 37.5 Å². The van der Waals surface area contributed by atoms with Crippen LogP contribution in [0.1, 0.15) is 43.6 Å². The van der Waals surface area contributed by atoms with E-state index in [1.165, 1.54) is 19.3 Å². The van der Waals surface area contributed by atoms with Crippen molar-refractivity contribution in [3.63, 3.8) is 0 Å². The van der Waals surface area contributed by atoms with Gasteiger partial charge in [0.1, 0.15) is 0 Å². The van der Waals surface area contributed by atoms with E-state index in [1.807, 2.05) is 25.2 Å². The molecule has 1 aromatic rings. The second-order valence-corrected chi connectivity index (χ2v) is 8.33. The van der Waals surface area contributed by atoms with Gasteiger partial charge in [0.2, 0.25) is 0 Å². The molecule has 0 spiro atoms. The highest BCUT2D eigenvalue weighted by molar-refractivity contribution is 7.91.